The molecule has 3 aliphatic rings. The lowest BCUT2D eigenvalue weighted by molar-refractivity contribution is -0.140. The molecule has 1 unspecified atom stereocenters. The van der Waals surface area contributed by atoms with Crippen LogP contribution in [0.4, 0.5) is 0 Å². The average molecular weight is 368 g/mol. The largest absolute Gasteiger partial charge is 0.496 e. The molecule has 0 spiro atoms. The molecule has 0 aliphatic carbocycles. The molecule has 4 heterocycles. The maximum absolute atomic E-state index is 12.8. The maximum atomic E-state index is 12.8. The van der Waals surface area contributed by atoms with Gasteiger partial charge in [-0.05, 0) is 37.3 Å². The van der Waals surface area contributed by atoms with Crippen LogP contribution in [0.1, 0.15) is 31.1 Å². The summed E-state index contributed by atoms with van der Waals surface area (Å²) in [7, 11) is 1.67. The van der Waals surface area contributed by atoms with Gasteiger partial charge >= 0.3 is 0 Å². The Morgan fingerprint density at radius 2 is 2.11 bits per heavy atom. The second-order valence-electron chi connectivity index (χ2n) is 7.62. The zero-order chi connectivity index (χ0) is 18.4. The molecule has 7 nitrogen and oxygen atoms in total. The highest BCUT2D eigenvalue weighted by molar-refractivity contribution is 5.81. The van der Waals surface area contributed by atoms with E-state index < -0.39 is 0 Å². The monoisotopic (exact) mass is 368 g/mol. The number of para-hydroxylation sites is 1. The van der Waals surface area contributed by atoms with Gasteiger partial charge in [0.25, 0.3) is 5.91 Å². The number of aryl methyl sites for hydroxylation is 1. The summed E-state index contributed by atoms with van der Waals surface area (Å²) in [5.74, 6) is 3.22. The van der Waals surface area contributed by atoms with Crippen molar-refractivity contribution in [2.45, 2.75) is 37.8 Å². The van der Waals surface area contributed by atoms with E-state index in [4.69, 9.17) is 9.47 Å². The van der Waals surface area contributed by atoms with Crippen LogP contribution < -0.4 is 4.74 Å². The summed E-state index contributed by atoms with van der Waals surface area (Å²) in [6.45, 7) is 2.20. The molecule has 27 heavy (non-hydrogen) atoms. The van der Waals surface area contributed by atoms with Gasteiger partial charge in [-0.25, -0.2) is 0 Å². The number of fused-ring (bicyclic) bond motifs is 3. The Morgan fingerprint density at radius 3 is 2.93 bits per heavy atom. The van der Waals surface area contributed by atoms with E-state index in [9.17, 15) is 4.79 Å². The summed E-state index contributed by atoms with van der Waals surface area (Å²) < 4.78 is 13.4. The number of amides is 1. The minimum absolute atomic E-state index is 0.148. The second kappa shape index (κ2) is 6.64. The molecule has 1 amide bonds. The predicted molar refractivity (Wildman–Crippen MR) is 98.4 cm³/mol. The zero-order valence-electron chi connectivity index (χ0n) is 15.5. The van der Waals surface area contributed by atoms with Crippen molar-refractivity contribution in [3.8, 4) is 17.1 Å². The van der Waals surface area contributed by atoms with Crippen LogP contribution in [0, 0.1) is 5.92 Å². The van der Waals surface area contributed by atoms with Crippen molar-refractivity contribution in [1.82, 2.24) is 19.7 Å². The zero-order valence-corrected chi connectivity index (χ0v) is 15.5. The fraction of sp³-hybridized carbons (Fsp3) is 0.550. The molecule has 0 saturated carbocycles. The number of nitrogens with zero attached hydrogens (tertiary/aromatic N) is 4. The molecule has 1 aromatic heterocycles. The van der Waals surface area contributed by atoms with Crippen LogP contribution in [0.15, 0.2) is 24.3 Å². The highest BCUT2D eigenvalue weighted by Crippen LogP contribution is 2.41. The van der Waals surface area contributed by atoms with E-state index in [-0.39, 0.29) is 18.1 Å². The Balaban J connectivity index is 1.47. The number of rotatable bonds is 3. The molecular formula is C20H24N4O3. The van der Waals surface area contributed by atoms with Crippen molar-refractivity contribution in [3.05, 3.63) is 30.1 Å². The van der Waals surface area contributed by atoms with Crippen LogP contribution in [0.2, 0.25) is 0 Å². The lowest BCUT2D eigenvalue weighted by Gasteiger charge is -2.27. The summed E-state index contributed by atoms with van der Waals surface area (Å²) in [4.78, 5) is 14.8. The number of hydrogen-bond donors (Lipinski definition) is 0. The first-order valence-electron chi connectivity index (χ1n) is 9.74. The molecule has 7 heteroatoms. The Bertz CT molecular complexity index is 859. The van der Waals surface area contributed by atoms with E-state index in [1.807, 2.05) is 29.2 Å². The van der Waals surface area contributed by atoms with Crippen LogP contribution in [0.25, 0.3) is 11.4 Å². The van der Waals surface area contributed by atoms with E-state index in [1.165, 1.54) is 0 Å². The van der Waals surface area contributed by atoms with Crippen molar-refractivity contribution >= 4 is 5.91 Å². The van der Waals surface area contributed by atoms with Gasteiger partial charge in [-0.1, -0.05) is 12.1 Å². The SMILES string of the molecule is COc1ccccc1-c1nnc2n1[C@H]1CN(C(=O)C3CCCO3)C[C@H]1CC2. The highest BCUT2D eigenvalue weighted by Gasteiger charge is 2.43. The number of benzene rings is 1. The Hall–Kier alpha value is -2.41. The van der Waals surface area contributed by atoms with Gasteiger partial charge in [0.2, 0.25) is 0 Å². The number of methoxy groups -OCH3 is 1. The number of ether oxygens (including phenoxy) is 2. The molecule has 0 radical (unpaired) electrons. The second-order valence-corrected chi connectivity index (χ2v) is 7.62. The lowest BCUT2D eigenvalue weighted by atomic mass is 9.93. The van der Waals surface area contributed by atoms with Gasteiger partial charge in [0, 0.05) is 26.1 Å². The van der Waals surface area contributed by atoms with Crippen molar-refractivity contribution in [2.75, 3.05) is 26.8 Å². The van der Waals surface area contributed by atoms with Crippen LogP contribution in [-0.4, -0.2) is 58.5 Å². The van der Waals surface area contributed by atoms with E-state index in [2.05, 4.69) is 14.8 Å². The van der Waals surface area contributed by atoms with Crippen LogP contribution >= 0.6 is 0 Å². The molecule has 3 atom stereocenters. The molecule has 2 saturated heterocycles. The van der Waals surface area contributed by atoms with Crippen LogP contribution in [-0.2, 0) is 16.0 Å². The van der Waals surface area contributed by atoms with E-state index >= 15 is 0 Å². The van der Waals surface area contributed by atoms with E-state index in [0.29, 0.717) is 19.1 Å². The Labute approximate surface area is 158 Å². The van der Waals surface area contributed by atoms with Gasteiger partial charge in [-0.3, -0.25) is 4.79 Å². The Kier molecular flexibility index (Phi) is 4.11. The van der Waals surface area contributed by atoms with Gasteiger partial charge in [0.15, 0.2) is 5.82 Å². The van der Waals surface area contributed by atoms with Gasteiger partial charge in [-0.2, -0.15) is 0 Å². The molecule has 2 aromatic rings. The number of aromatic nitrogens is 3. The minimum Gasteiger partial charge on any atom is -0.496 e. The van der Waals surface area contributed by atoms with Gasteiger partial charge in [-0.15, -0.1) is 10.2 Å². The van der Waals surface area contributed by atoms with Crippen LogP contribution in [0.5, 0.6) is 5.75 Å². The van der Waals surface area contributed by atoms with Gasteiger partial charge in [0.1, 0.15) is 17.7 Å². The van der Waals surface area contributed by atoms with E-state index in [0.717, 1.165) is 55.2 Å². The number of carbonyl (C=O) groups excluding carboxylic acids is 1. The summed E-state index contributed by atoms with van der Waals surface area (Å²) in [5.41, 5.74) is 0.948. The molecule has 142 valence electrons. The fourth-order valence-corrected chi connectivity index (χ4v) is 4.76. The third-order valence-corrected chi connectivity index (χ3v) is 6.11. The normalized spacial score (nSPS) is 26.7. The summed E-state index contributed by atoms with van der Waals surface area (Å²) >= 11 is 0. The smallest absolute Gasteiger partial charge is 0.251 e. The first-order chi connectivity index (χ1) is 13.3. The van der Waals surface area contributed by atoms with Crippen molar-refractivity contribution in [3.63, 3.8) is 0 Å². The number of carbonyl (C=O) groups is 1. The predicted octanol–water partition coefficient (Wildman–Crippen LogP) is 2.08. The standard InChI is InChI=1S/C20H24N4O3/c1-26-16-6-3-2-5-14(16)19-22-21-18-9-8-13-11-23(12-15(13)24(18)19)20(25)17-7-4-10-27-17/h2-3,5-6,13,15,17H,4,7-12H2,1H3/t13-,15+,17?/m1/s1. The third kappa shape index (κ3) is 2.72. The molecule has 5 rings (SSSR count). The topological polar surface area (TPSA) is 69.5 Å². The average Bonchev–Trinajstić information content (AvgIpc) is 3.45. The maximum Gasteiger partial charge on any atom is 0.251 e. The van der Waals surface area contributed by atoms with Crippen LogP contribution in [0.3, 0.4) is 0 Å². The molecule has 3 aliphatic heterocycles. The van der Waals surface area contributed by atoms with Gasteiger partial charge < -0.3 is 18.9 Å². The summed E-state index contributed by atoms with van der Waals surface area (Å²) in [5, 5.41) is 8.93. The third-order valence-electron chi connectivity index (χ3n) is 6.11. The highest BCUT2D eigenvalue weighted by atomic mass is 16.5. The number of hydrogen-bond acceptors (Lipinski definition) is 5. The van der Waals surface area contributed by atoms with Crippen molar-refractivity contribution in [1.29, 1.82) is 0 Å². The van der Waals surface area contributed by atoms with Crippen molar-refractivity contribution in [2.24, 2.45) is 5.92 Å². The molecule has 1 aromatic carbocycles. The van der Waals surface area contributed by atoms with Crippen molar-refractivity contribution < 1.29 is 14.3 Å². The fourth-order valence-electron chi connectivity index (χ4n) is 4.76. The lowest BCUT2D eigenvalue weighted by Crippen LogP contribution is -2.37. The molecule has 0 N–H and O–H groups in total. The van der Waals surface area contributed by atoms with Gasteiger partial charge in [0.05, 0.1) is 18.7 Å². The first-order valence-corrected chi connectivity index (χ1v) is 9.74. The quantitative estimate of drug-likeness (QED) is 0.830. The summed E-state index contributed by atoms with van der Waals surface area (Å²) in [6.07, 6.45) is 3.51. The first kappa shape index (κ1) is 16.7. The summed E-state index contributed by atoms with van der Waals surface area (Å²) in [6, 6.07) is 8.12. The number of likely N-dealkylation sites (tertiary alicyclic amines) is 1. The minimum atomic E-state index is -0.251. The molecule has 0 bridgehead atoms. The van der Waals surface area contributed by atoms with E-state index in [1.54, 1.807) is 7.11 Å². The molecule has 2 fully saturated rings. The molecular weight excluding hydrogens is 344 g/mol. The Morgan fingerprint density at radius 1 is 1.22 bits per heavy atom.